The van der Waals surface area contributed by atoms with E-state index in [0.717, 1.165) is 12.8 Å². The van der Waals surface area contributed by atoms with Gasteiger partial charge < -0.3 is 0 Å². The maximum absolute atomic E-state index is 11.0. The average Bonchev–Trinajstić information content (AvgIpc) is 2.00. The molecule has 0 aliphatic rings. The van der Waals surface area contributed by atoms with Crippen molar-refractivity contribution in [2.75, 3.05) is 6.16 Å². The van der Waals surface area contributed by atoms with Crippen molar-refractivity contribution in [3.63, 3.8) is 0 Å². The maximum Gasteiger partial charge on any atom is 0.508 e. The number of allylic oxidation sites excluding steroid dienone is 1. The van der Waals surface area contributed by atoms with Gasteiger partial charge >= 0.3 is 8.03 Å². The lowest BCUT2D eigenvalue weighted by Gasteiger charge is -1.97. The highest BCUT2D eigenvalue weighted by Crippen LogP contribution is 2.26. The van der Waals surface area contributed by atoms with Gasteiger partial charge in [-0.1, -0.05) is 13.0 Å². The Hall–Kier alpha value is -0.200. The fourth-order valence-corrected chi connectivity index (χ4v) is 1.57. The summed E-state index contributed by atoms with van der Waals surface area (Å²) in [7, 11) is -1.45. The van der Waals surface area contributed by atoms with Gasteiger partial charge in [-0.2, -0.15) is 0 Å². The van der Waals surface area contributed by atoms with Crippen LogP contribution in [0.3, 0.4) is 0 Å². The first-order valence-corrected chi connectivity index (χ1v) is 5.29. The molecule has 0 saturated carbocycles. The van der Waals surface area contributed by atoms with Crippen molar-refractivity contribution in [1.29, 1.82) is 0 Å². The van der Waals surface area contributed by atoms with Crippen molar-refractivity contribution in [1.82, 2.24) is 0 Å². The molecule has 0 radical (unpaired) electrons. The second-order valence-electron chi connectivity index (χ2n) is 2.46. The Kier molecular flexibility index (Phi) is 6.39. The lowest BCUT2D eigenvalue weighted by atomic mass is 10.3. The molecule has 0 spiro atoms. The molecule has 2 unspecified atom stereocenters. The Bertz CT molecular complexity index is 134. The lowest BCUT2D eigenvalue weighted by Crippen LogP contribution is -2.00. The molecule has 0 aromatic heterocycles. The zero-order valence-corrected chi connectivity index (χ0v) is 8.14. The molecule has 0 rings (SSSR count). The maximum atomic E-state index is 11.0. The summed E-state index contributed by atoms with van der Waals surface area (Å²) in [6, 6.07) is 0. The zero-order valence-electron chi connectivity index (χ0n) is 7.25. The third-order valence-electron chi connectivity index (χ3n) is 1.39. The Morgan fingerprint density at radius 2 is 2.36 bits per heavy atom. The monoisotopic (exact) mass is 175 g/mol. The minimum atomic E-state index is -1.45. The largest absolute Gasteiger partial charge is 0.508 e. The van der Waals surface area contributed by atoms with Crippen LogP contribution in [0.15, 0.2) is 12.7 Å². The summed E-state index contributed by atoms with van der Waals surface area (Å²) in [6.07, 6.45) is 4.15. The molecular weight excluding hydrogens is 159 g/mol. The number of hydrogen-bond acceptors (Lipinski definition) is 2. The minimum absolute atomic E-state index is 0.114. The van der Waals surface area contributed by atoms with Crippen molar-refractivity contribution in [3.05, 3.63) is 12.7 Å². The molecule has 0 fully saturated rings. The summed E-state index contributed by atoms with van der Waals surface area (Å²) in [5.74, 6) is 0. The van der Waals surface area contributed by atoms with Crippen molar-refractivity contribution >= 4 is 8.03 Å². The van der Waals surface area contributed by atoms with Crippen LogP contribution in [0.2, 0.25) is 0 Å². The molecule has 0 heterocycles. The van der Waals surface area contributed by atoms with E-state index >= 15 is 0 Å². The van der Waals surface area contributed by atoms with Gasteiger partial charge in [-0.05, 0) is 17.9 Å². The van der Waals surface area contributed by atoms with Crippen molar-refractivity contribution < 1.29 is 9.09 Å². The minimum Gasteiger partial charge on any atom is -0.143 e. The summed E-state index contributed by atoms with van der Waals surface area (Å²) in [5.41, 5.74) is 0. The van der Waals surface area contributed by atoms with Crippen LogP contribution in [0, 0.1) is 0 Å². The number of hydrogen-bond donors (Lipinski definition) is 0. The van der Waals surface area contributed by atoms with Crippen molar-refractivity contribution in [2.24, 2.45) is 0 Å². The first-order chi connectivity index (χ1) is 5.20. The predicted molar refractivity (Wildman–Crippen MR) is 48.1 cm³/mol. The zero-order chi connectivity index (χ0) is 8.69. The lowest BCUT2D eigenvalue weighted by molar-refractivity contribution is 0.231. The molecule has 0 aromatic carbocycles. The average molecular weight is 175 g/mol. The van der Waals surface area contributed by atoms with Crippen LogP contribution < -0.4 is 0 Å². The van der Waals surface area contributed by atoms with E-state index < -0.39 is 8.03 Å². The quantitative estimate of drug-likeness (QED) is 0.458. The van der Waals surface area contributed by atoms with E-state index in [-0.39, 0.29) is 6.10 Å². The molecule has 0 aliphatic heterocycles. The first-order valence-electron chi connectivity index (χ1n) is 3.93. The van der Waals surface area contributed by atoms with Crippen LogP contribution in [0.4, 0.5) is 0 Å². The standard InChI is InChI=1S/C8H16O2P/c1-4-6-7-11(9)10-8(3)5-2/h4,8H,1,5-7H2,2-3H3/q+1. The summed E-state index contributed by atoms with van der Waals surface area (Å²) in [4.78, 5) is 0. The Morgan fingerprint density at radius 3 is 2.82 bits per heavy atom. The first kappa shape index (κ1) is 10.8. The van der Waals surface area contributed by atoms with Crippen LogP contribution in [0.5, 0.6) is 0 Å². The Labute approximate surface area is 69.5 Å². The summed E-state index contributed by atoms with van der Waals surface area (Å²) < 4.78 is 16.2. The molecule has 0 saturated heterocycles. The van der Waals surface area contributed by atoms with E-state index in [2.05, 4.69) is 6.58 Å². The Balaban J connectivity index is 3.43. The van der Waals surface area contributed by atoms with Crippen LogP contribution in [0.25, 0.3) is 0 Å². The fraction of sp³-hybridized carbons (Fsp3) is 0.750. The van der Waals surface area contributed by atoms with E-state index in [1.54, 1.807) is 6.08 Å². The van der Waals surface area contributed by atoms with E-state index in [1.165, 1.54) is 0 Å². The highest BCUT2D eigenvalue weighted by molar-refractivity contribution is 7.39. The van der Waals surface area contributed by atoms with Gasteiger partial charge in [-0.15, -0.1) is 11.1 Å². The molecule has 0 aromatic rings. The molecule has 0 N–H and O–H groups in total. The van der Waals surface area contributed by atoms with Gasteiger partial charge in [0.25, 0.3) is 0 Å². The molecule has 3 heteroatoms. The van der Waals surface area contributed by atoms with E-state index in [1.807, 2.05) is 13.8 Å². The van der Waals surface area contributed by atoms with Crippen LogP contribution in [-0.4, -0.2) is 12.3 Å². The van der Waals surface area contributed by atoms with Gasteiger partial charge in [0, 0.05) is 6.42 Å². The highest BCUT2D eigenvalue weighted by atomic mass is 31.1. The summed E-state index contributed by atoms with van der Waals surface area (Å²) >= 11 is 0. The van der Waals surface area contributed by atoms with Gasteiger partial charge in [0.2, 0.25) is 0 Å². The van der Waals surface area contributed by atoms with Gasteiger partial charge in [0.1, 0.15) is 6.10 Å². The van der Waals surface area contributed by atoms with Gasteiger partial charge in [0.15, 0.2) is 6.16 Å². The van der Waals surface area contributed by atoms with Gasteiger partial charge in [-0.25, -0.2) is 0 Å². The summed E-state index contributed by atoms with van der Waals surface area (Å²) in [6.45, 7) is 7.49. The molecular formula is C8H16O2P+. The number of rotatable bonds is 6. The van der Waals surface area contributed by atoms with Crippen LogP contribution in [0.1, 0.15) is 26.7 Å². The predicted octanol–water partition coefficient (Wildman–Crippen LogP) is 3.12. The SMILES string of the molecule is C=CCC[P+](=O)OC(C)CC. The third kappa shape index (κ3) is 6.21. The molecule has 0 bridgehead atoms. The Morgan fingerprint density at radius 1 is 1.73 bits per heavy atom. The van der Waals surface area contributed by atoms with Crippen LogP contribution in [-0.2, 0) is 9.09 Å². The second kappa shape index (κ2) is 6.51. The smallest absolute Gasteiger partial charge is 0.143 e. The van der Waals surface area contributed by atoms with Gasteiger partial charge in [-0.3, -0.25) is 0 Å². The highest BCUT2D eigenvalue weighted by Gasteiger charge is 2.18. The van der Waals surface area contributed by atoms with E-state index in [9.17, 15) is 4.57 Å². The second-order valence-corrected chi connectivity index (χ2v) is 3.78. The van der Waals surface area contributed by atoms with Crippen LogP contribution >= 0.6 is 8.03 Å². The van der Waals surface area contributed by atoms with Crippen molar-refractivity contribution in [2.45, 2.75) is 32.8 Å². The molecule has 11 heavy (non-hydrogen) atoms. The molecule has 0 amide bonds. The van der Waals surface area contributed by atoms with E-state index in [4.69, 9.17) is 4.52 Å². The van der Waals surface area contributed by atoms with E-state index in [0.29, 0.717) is 6.16 Å². The topological polar surface area (TPSA) is 26.3 Å². The third-order valence-corrected chi connectivity index (χ3v) is 2.61. The fourth-order valence-electron chi connectivity index (χ4n) is 0.525. The molecule has 0 aliphatic carbocycles. The normalized spacial score (nSPS) is 14.2. The van der Waals surface area contributed by atoms with Gasteiger partial charge in [0.05, 0.1) is 0 Å². The molecule has 64 valence electrons. The molecule has 2 atom stereocenters. The molecule has 2 nitrogen and oxygen atoms in total. The summed E-state index contributed by atoms with van der Waals surface area (Å²) in [5, 5.41) is 0. The van der Waals surface area contributed by atoms with Crippen molar-refractivity contribution in [3.8, 4) is 0 Å².